The Kier molecular flexibility index (Phi) is 4.72. The molecule has 6 heteroatoms. The predicted octanol–water partition coefficient (Wildman–Crippen LogP) is 4.87. The predicted molar refractivity (Wildman–Crippen MR) is 118 cm³/mol. The molecule has 0 saturated heterocycles. The highest BCUT2D eigenvalue weighted by molar-refractivity contribution is 5.94. The number of nitrogens with zero attached hydrogens (tertiary/aromatic N) is 6. The molecule has 0 saturated carbocycles. The first-order valence-corrected chi connectivity index (χ1v) is 9.45. The van der Waals surface area contributed by atoms with Crippen molar-refractivity contribution in [2.75, 3.05) is 0 Å². The minimum atomic E-state index is 0.800. The second kappa shape index (κ2) is 7.97. The summed E-state index contributed by atoms with van der Waals surface area (Å²) in [5.41, 5.74) is 3.42. The molecule has 30 heavy (non-hydrogen) atoms. The van der Waals surface area contributed by atoms with E-state index in [0.717, 1.165) is 44.0 Å². The van der Waals surface area contributed by atoms with Crippen molar-refractivity contribution in [2.45, 2.75) is 0 Å². The molecule has 0 aliphatic heterocycles. The van der Waals surface area contributed by atoms with E-state index in [2.05, 4.69) is 30.1 Å². The number of benzene rings is 1. The van der Waals surface area contributed by atoms with Crippen molar-refractivity contribution in [3.05, 3.63) is 97.8 Å². The third-order valence-corrected chi connectivity index (χ3v) is 4.72. The minimum Gasteiger partial charge on any atom is -0.262 e. The summed E-state index contributed by atoms with van der Waals surface area (Å²) in [6.45, 7) is 0. The van der Waals surface area contributed by atoms with Gasteiger partial charge in [-0.3, -0.25) is 15.0 Å². The van der Waals surface area contributed by atoms with Crippen LogP contribution in [0.15, 0.2) is 97.8 Å². The van der Waals surface area contributed by atoms with E-state index in [1.54, 1.807) is 37.2 Å². The molecule has 5 heterocycles. The quantitative estimate of drug-likeness (QED) is 0.400. The Morgan fingerprint density at radius 3 is 2.20 bits per heavy atom. The topological polar surface area (TPSA) is 77.3 Å². The van der Waals surface area contributed by atoms with Crippen LogP contribution in [0.1, 0.15) is 0 Å². The fourth-order valence-electron chi connectivity index (χ4n) is 3.23. The third-order valence-electron chi connectivity index (χ3n) is 4.72. The van der Waals surface area contributed by atoms with Gasteiger partial charge in [0.05, 0.1) is 35.3 Å². The molecular formula is C24H16N6. The molecule has 0 fully saturated rings. The maximum absolute atomic E-state index is 4.63. The number of pyridine rings is 4. The standard InChI is InChI=1S/C16H10N4.C8H6N2/c1-2-4-13-12(3-1)9-18-20-16(13)14-6-5-11-7-8-17-10-15(11)19-14;1-2-7-3-5-9-6-8(7)10-4-1/h1-10H;1-6H. The lowest BCUT2D eigenvalue weighted by Crippen LogP contribution is -1.92. The normalized spacial score (nSPS) is 10.7. The van der Waals surface area contributed by atoms with Crippen LogP contribution in [0.2, 0.25) is 0 Å². The Labute approximate surface area is 172 Å². The second-order valence-electron chi connectivity index (χ2n) is 6.62. The molecule has 0 radical (unpaired) electrons. The summed E-state index contributed by atoms with van der Waals surface area (Å²) in [6.07, 6.45) is 10.6. The van der Waals surface area contributed by atoms with Gasteiger partial charge in [-0.1, -0.05) is 36.4 Å². The first-order chi connectivity index (χ1) is 14.9. The van der Waals surface area contributed by atoms with Crippen LogP contribution >= 0.6 is 0 Å². The van der Waals surface area contributed by atoms with Crippen molar-refractivity contribution >= 4 is 32.6 Å². The Morgan fingerprint density at radius 2 is 1.33 bits per heavy atom. The number of hydrogen-bond donors (Lipinski definition) is 0. The van der Waals surface area contributed by atoms with Gasteiger partial charge in [0.2, 0.25) is 0 Å². The van der Waals surface area contributed by atoms with Crippen LogP contribution in [0, 0.1) is 0 Å². The van der Waals surface area contributed by atoms with Gasteiger partial charge >= 0.3 is 0 Å². The van der Waals surface area contributed by atoms with E-state index in [9.17, 15) is 0 Å². The summed E-state index contributed by atoms with van der Waals surface area (Å²) in [6, 6.07) is 19.9. The van der Waals surface area contributed by atoms with Crippen molar-refractivity contribution in [3.8, 4) is 11.4 Å². The lowest BCUT2D eigenvalue weighted by molar-refractivity contribution is 1.05. The van der Waals surface area contributed by atoms with Gasteiger partial charge in [-0.25, -0.2) is 4.98 Å². The second-order valence-corrected chi connectivity index (χ2v) is 6.62. The fraction of sp³-hybridized carbons (Fsp3) is 0. The molecular weight excluding hydrogens is 372 g/mol. The van der Waals surface area contributed by atoms with Gasteiger partial charge in [0, 0.05) is 40.1 Å². The average molecular weight is 388 g/mol. The number of fused-ring (bicyclic) bond motifs is 3. The van der Waals surface area contributed by atoms with Crippen molar-refractivity contribution < 1.29 is 0 Å². The van der Waals surface area contributed by atoms with Gasteiger partial charge in [0.1, 0.15) is 5.69 Å². The highest BCUT2D eigenvalue weighted by atomic mass is 15.1. The summed E-state index contributed by atoms with van der Waals surface area (Å²) in [5.74, 6) is 0. The molecule has 0 bridgehead atoms. The maximum Gasteiger partial charge on any atom is 0.119 e. The zero-order chi connectivity index (χ0) is 20.2. The molecule has 5 aromatic heterocycles. The van der Waals surface area contributed by atoms with E-state index >= 15 is 0 Å². The van der Waals surface area contributed by atoms with Crippen LogP contribution in [-0.2, 0) is 0 Å². The zero-order valence-corrected chi connectivity index (χ0v) is 15.9. The van der Waals surface area contributed by atoms with Gasteiger partial charge in [-0.15, -0.1) is 5.10 Å². The van der Waals surface area contributed by atoms with Crippen LogP contribution in [0.3, 0.4) is 0 Å². The molecule has 6 rings (SSSR count). The largest absolute Gasteiger partial charge is 0.262 e. The molecule has 6 aromatic rings. The number of hydrogen-bond acceptors (Lipinski definition) is 6. The molecule has 0 spiro atoms. The first-order valence-electron chi connectivity index (χ1n) is 9.45. The summed E-state index contributed by atoms with van der Waals surface area (Å²) in [5, 5.41) is 12.6. The zero-order valence-electron chi connectivity index (χ0n) is 15.9. The minimum absolute atomic E-state index is 0.800. The van der Waals surface area contributed by atoms with E-state index < -0.39 is 0 Å². The van der Waals surface area contributed by atoms with Crippen LogP contribution < -0.4 is 0 Å². The fourth-order valence-corrected chi connectivity index (χ4v) is 3.23. The van der Waals surface area contributed by atoms with E-state index in [1.807, 2.05) is 60.7 Å². The number of rotatable bonds is 1. The molecule has 0 amide bonds. The Balaban J connectivity index is 0.000000161. The van der Waals surface area contributed by atoms with Crippen molar-refractivity contribution in [1.82, 2.24) is 30.1 Å². The first kappa shape index (κ1) is 17.8. The van der Waals surface area contributed by atoms with Gasteiger partial charge in [-0.2, -0.15) is 5.10 Å². The van der Waals surface area contributed by atoms with Crippen molar-refractivity contribution in [2.24, 2.45) is 0 Å². The lowest BCUT2D eigenvalue weighted by atomic mass is 10.1. The molecule has 142 valence electrons. The smallest absolute Gasteiger partial charge is 0.119 e. The van der Waals surface area contributed by atoms with Crippen LogP contribution in [0.25, 0.3) is 44.0 Å². The van der Waals surface area contributed by atoms with E-state index in [1.165, 1.54) is 0 Å². The van der Waals surface area contributed by atoms with Crippen LogP contribution in [0.4, 0.5) is 0 Å². The summed E-state index contributed by atoms with van der Waals surface area (Å²) < 4.78 is 0. The van der Waals surface area contributed by atoms with Gasteiger partial charge in [-0.05, 0) is 24.3 Å². The van der Waals surface area contributed by atoms with E-state index in [4.69, 9.17) is 0 Å². The molecule has 6 nitrogen and oxygen atoms in total. The molecule has 0 aliphatic carbocycles. The highest BCUT2D eigenvalue weighted by Gasteiger charge is 2.08. The van der Waals surface area contributed by atoms with Gasteiger partial charge < -0.3 is 0 Å². The Bertz CT molecular complexity index is 1390. The molecule has 1 aromatic carbocycles. The Morgan fingerprint density at radius 1 is 0.567 bits per heavy atom. The van der Waals surface area contributed by atoms with Gasteiger partial charge in [0.25, 0.3) is 0 Å². The highest BCUT2D eigenvalue weighted by Crippen LogP contribution is 2.25. The molecule has 0 atom stereocenters. The van der Waals surface area contributed by atoms with E-state index in [-0.39, 0.29) is 0 Å². The van der Waals surface area contributed by atoms with Crippen molar-refractivity contribution in [3.63, 3.8) is 0 Å². The van der Waals surface area contributed by atoms with Crippen LogP contribution in [-0.4, -0.2) is 30.1 Å². The number of aromatic nitrogens is 6. The molecule has 0 aliphatic rings. The summed E-state index contributed by atoms with van der Waals surface area (Å²) in [7, 11) is 0. The maximum atomic E-state index is 4.63. The monoisotopic (exact) mass is 388 g/mol. The van der Waals surface area contributed by atoms with Crippen LogP contribution in [0.5, 0.6) is 0 Å². The SMILES string of the molecule is c1ccc2c(-c3ccc4ccncc4n3)nncc2c1.c1cnc2cnccc2c1. The van der Waals surface area contributed by atoms with Crippen molar-refractivity contribution in [1.29, 1.82) is 0 Å². The summed E-state index contributed by atoms with van der Waals surface area (Å²) >= 11 is 0. The third kappa shape index (κ3) is 3.54. The lowest BCUT2D eigenvalue weighted by Gasteiger charge is -2.05. The molecule has 0 N–H and O–H groups in total. The van der Waals surface area contributed by atoms with Gasteiger partial charge in [0.15, 0.2) is 0 Å². The molecule has 0 unspecified atom stereocenters. The van der Waals surface area contributed by atoms with E-state index in [0.29, 0.717) is 0 Å². The Hall–Kier alpha value is -4.32. The average Bonchev–Trinajstić information content (AvgIpc) is 2.84. The summed E-state index contributed by atoms with van der Waals surface area (Å²) in [4.78, 5) is 16.8.